The van der Waals surface area contributed by atoms with Crippen molar-refractivity contribution in [3.8, 4) is 0 Å². The van der Waals surface area contributed by atoms with Gasteiger partial charge in [-0.3, -0.25) is 4.79 Å². The maximum atomic E-state index is 11.5. The van der Waals surface area contributed by atoms with Crippen molar-refractivity contribution >= 4 is 5.97 Å². The molecule has 0 unspecified atom stereocenters. The lowest BCUT2D eigenvalue weighted by Gasteiger charge is -2.34. The Bertz CT molecular complexity index is 179. The van der Waals surface area contributed by atoms with Crippen LogP contribution in [0.25, 0.3) is 0 Å². The SMILES string of the molecule is COC(=O)C(C)(C)C1CCCCC1. The van der Waals surface area contributed by atoms with Crippen molar-refractivity contribution in [3.63, 3.8) is 0 Å². The van der Waals surface area contributed by atoms with Crippen LogP contribution in [0, 0.1) is 11.3 Å². The Morgan fingerprint density at radius 1 is 1.23 bits per heavy atom. The van der Waals surface area contributed by atoms with Crippen LogP contribution in [0.3, 0.4) is 0 Å². The molecule has 0 atom stereocenters. The number of methoxy groups -OCH3 is 1. The van der Waals surface area contributed by atoms with Crippen molar-refractivity contribution in [2.24, 2.45) is 11.3 Å². The predicted octanol–water partition coefficient (Wildman–Crippen LogP) is 2.77. The average molecular weight is 184 g/mol. The minimum absolute atomic E-state index is 0.0561. The lowest BCUT2D eigenvalue weighted by molar-refractivity contribution is -0.154. The summed E-state index contributed by atoms with van der Waals surface area (Å²) < 4.78 is 4.83. The minimum atomic E-state index is -0.283. The molecule has 0 aromatic rings. The van der Waals surface area contributed by atoms with E-state index in [1.54, 1.807) is 0 Å². The van der Waals surface area contributed by atoms with Crippen LogP contribution in [0.4, 0.5) is 0 Å². The first kappa shape index (κ1) is 10.6. The van der Waals surface area contributed by atoms with E-state index in [4.69, 9.17) is 4.74 Å². The summed E-state index contributed by atoms with van der Waals surface area (Å²) in [4.78, 5) is 11.5. The summed E-state index contributed by atoms with van der Waals surface area (Å²) in [5, 5.41) is 0. The molecule has 0 N–H and O–H groups in total. The van der Waals surface area contributed by atoms with E-state index in [1.165, 1.54) is 39.2 Å². The highest BCUT2D eigenvalue weighted by Crippen LogP contribution is 2.38. The van der Waals surface area contributed by atoms with Gasteiger partial charge < -0.3 is 4.74 Å². The number of rotatable bonds is 2. The molecular weight excluding hydrogens is 164 g/mol. The lowest BCUT2D eigenvalue weighted by atomic mass is 9.71. The molecule has 2 heteroatoms. The average Bonchev–Trinajstić information content (AvgIpc) is 2.18. The first-order valence-corrected chi connectivity index (χ1v) is 5.17. The first-order chi connectivity index (χ1) is 6.09. The summed E-state index contributed by atoms with van der Waals surface area (Å²) in [7, 11) is 1.48. The molecule has 1 fully saturated rings. The van der Waals surface area contributed by atoms with Gasteiger partial charge in [-0.15, -0.1) is 0 Å². The van der Waals surface area contributed by atoms with E-state index >= 15 is 0 Å². The highest BCUT2D eigenvalue weighted by Gasteiger charge is 2.37. The summed E-state index contributed by atoms with van der Waals surface area (Å²) >= 11 is 0. The topological polar surface area (TPSA) is 26.3 Å². The van der Waals surface area contributed by atoms with E-state index in [9.17, 15) is 4.79 Å². The molecular formula is C11H20O2. The minimum Gasteiger partial charge on any atom is -0.469 e. The van der Waals surface area contributed by atoms with Gasteiger partial charge in [0.2, 0.25) is 0 Å². The largest absolute Gasteiger partial charge is 0.469 e. The van der Waals surface area contributed by atoms with Crippen molar-refractivity contribution in [1.29, 1.82) is 0 Å². The van der Waals surface area contributed by atoms with Gasteiger partial charge >= 0.3 is 5.97 Å². The van der Waals surface area contributed by atoms with Crippen LogP contribution in [0.2, 0.25) is 0 Å². The highest BCUT2D eigenvalue weighted by molar-refractivity contribution is 5.76. The van der Waals surface area contributed by atoms with Crippen LogP contribution >= 0.6 is 0 Å². The second-order valence-electron chi connectivity index (χ2n) is 4.55. The van der Waals surface area contributed by atoms with Gasteiger partial charge in [-0.25, -0.2) is 0 Å². The van der Waals surface area contributed by atoms with Crippen LogP contribution in [-0.2, 0) is 9.53 Å². The highest BCUT2D eigenvalue weighted by atomic mass is 16.5. The standard InChI is InChI=1S/C11H20O2/c1-11(2,10(12)13-3)9-7-5-4-6-8-9/h9H,4-8H2,1-3H3. The van der Waals surface area contributed by atoms with E-state index in [0.29, 0.717) is 5.92 Å². The van der Waals surface area contributed by atoms with Crippen molar-refractivity contribution in [1.82, 2.24) is 0 Å². The van der Waals surface area contributed by atoms with Crippen molar-refractivity contribution < 1.29 is 9.53 Å². The molecule has 0 aromatic carbocycles. The van der Waals surface area contributed by atoms with Gasteiger partial charge in [0.1, 0.15) is 0 Å². The fourth-order valence-corrected chi connectivity index (χ4v) is 2.25. The van der Waals surface area contributed by atoms with E-state index in [-0.39, 0.29) is 11.4 Å². The fraction of sp³-hybridized carbons (Fsp3) is 0.909. The van der Waals surface area contributed by atoms with Crippen LogP contribution in [0.5, 0.6) is 0 Å². The molecule has 0 amide bonds. The summed E-state index contributed by atoms with van der Waals surface area (Å²) in [5.41, 5.74) is -0.283. The smallest absolute Gasteiger partial charge is 0.311 e. The van der Waals surface area contributed by atoms with Crippen LogP contribution < -0.4 is 0 Å². The number of hydrogen-bond acceptors (Lipinski definition) is 2. The molecule has 1 aliphatic carbocycles. The van der Waals surface area contributed by atoms with Gasteiger partial charge in [0.25, 0.3) is 0 Å². The fourth-order valence-electron chi connectivity index (χ4n) is 2.25. The normalized spacial score (nSPS) is 19.9. The number of hydrogen-bond donors (Lipinski definition) is 0. The van der Waals surface area contributed by atoms with E-state index in [2.05, 4.69) is 0 Å². The molecule has 0 bridgehead atoms. The van der Waals surface area contributed by atoms with Crippen molar-refractivity contribution in [2.45, 2.75) is 46.0 Å². The Balaban J connectivity index is 2.60. The summed E-state index contributed by atoms with van der Waals surface area (Å²) in [6.07, 6.45) is 6.23. The Kier molecular flexibility index (Phi) is 3.34. The zero-order chi connectivity index (χ0) is 9.90. The molecule has 0 aromatic heterocycles. The van der Waals surface area contributed by atoms with E-state index in [0.717, 1.165) is 0 Å². The third-order valence-corrected chi connectivity index (χ3v) is 3.34. The second-order valence-corrected chi connectivity index (χ2v) is 4.55. The van der Waals surface area contributed by atoms with Gasteiger partial charge in [-0.05, 0) is 32.6 Å². The third kappa shape index (κ3) is 2.23. The summed E-state index contributed by atoms with van der Waals surface area (Å²) in [6.45, 7) is 4.02. The molecule has 0 heterocycles. The summed E-state index contributed by atoms with van der Waals surface area (Å²) in [5.74, 6) is 0.466. The maximum Gasteiger partial charge on any atom is 0.311 e. The zero-order valence-corrected chi connectivity index (χ0v) is 8.93. The quantitative estimate of drug-likeness (QED) is 0.617. The van der Waals surface area contributed by atoms with Gasteiger partial charge in [-0.1, -0.05) is 19.3 Å². The molecule has 1 aliphatic rings. The lowest BCUT2D eigenvalue weighted by Crippen LogP contribution is -2.35. The molecule has 0 spiro atoms. The van der Waals surface area contributed by atoms with Crippen LogP contribution in [0.1, 0.15) is 46.0 Å². The number of carbonyl (C=O) groups excluding carboxylic acids is 1. The Labute approximate surface area is 80.7 Å². The van der Waals surface area contributed by atoms with Crippen molar-refractivity contribution in [2.75, 3.05) is 7.11 Å². The van der Waals surface area contributed by atoms with Gasteiger partial charge in [-0.2, -0.15) is 0 Å². The number of ether oxygens (including phenoxy) is 1. The molecule has 13 heavy (non-hydrogen) atoms. The zero-order valence-electron chi connectivity index (χ0n) is 8.93. The number of carbonyl (C=O) groups is 1. The molecule has 0 saturated heterocycles. The maximum absolute atomic E-state index is 11.5. The Hall–Kier alpha value is -0.530. The Morgan fingerprint density at radius 2 is 1.77 bits per heavy atom. The first-order valence-electron chi connectivity index (χ1n) is 5.17. The molecule has 0 aliphatic heterocycles. The third-order valence-electron chi connectivity index (χ3n) is 3.34. The number of esters is 1. The predicted molar refractivity (Wildman–Crippen MR) is 52.4 cm³/mol. The monoisotopic (exact) mass is 184 g/mol. The van der Waals surface area contributed by atoms with Gasteiger partial charge in [0.05, 0.1) is 12.5 Å². The molecule has 1 saturated carbocycles. The Morgan fingerprint density at radius 3 is 2.23 bits per heavy atom. The van der Waals surface area contributed by atoms with E-state index in [1.807, 2.05) is 13.8 Å². The van der Waals surface area contributed by atoms with E-state index < -0.39 is 0 Å². The molecule has 0 radical (unpaired) electrons. The summed E-state index contributed by atoms with van der Waals surface area (Å²) in [6, 6.07) is 0. The molecule has 1 rings (SSSR count). The second kappa shape index (κ2) is 4.12. The van der Waals surface area contributed by atoms with Crippen molar-refractivity contribution in [3.05, 3.63) is 0 Å². The molecule has 2 nitrogen and oxygen atoms in total. The van der Waals surface area contributed by atoms with Gasteiger partial charge in [0, 0.05) is 0 Å². The van der Waals surface area contributed by atoms with Crippen LogP contribution in [0.15, 0.2) is 0 Å². The molecule has 76 valence electrons. The van der Waals surface area contributed by atoms with Gasteiger partial charge in [0.15, 0.2) is 0 Å². The van der Waals surface area contributed by atoms with Crippen LogP contribution in [-0.4, -0.2) is 13.1 Å².